The van der Waals surface area contributed by atoms with Crippen LogP contribution in [0.3, 0.4) is 0 Å². The van der Waals surface area contributed by atoms with Gasteiger partial charge < -0.3 is 10.4 Å². The van der Waals surface area contributed by atoms with E-state index in [1.807, 2.05) is 0 Å². The van der Waals surface area contributed by atoms with Gasteiger partial charge in [-0.25, -0.2) is 9.78 Å². The van der Waals surface area contributed by atoms with Gasteiger partial charge in [0.15, 0.2) is 5.69 Å². The zero-order valence-electron chi connectivity index (χ0n) is 7.69. The molecule has 0 spiro atoms. The molecule has 5 nitrogen and oxygen atoms in total. The summed E-state index contributed by atoms with van der Waals surface area (Å²) in [7, 11) is 0. The highest BCUT2D eigenvalue weighted by atomic mass is 32.1. The van der Waals surface area contributed by atoms with Crippen LogP contribution in [-0.4, -0.2) is 22.0 Å². The van der Waals surface area contributed by atoms with Gasteiger partial charge in [0.1, 0.15) is 5.01 Å². The summed E-state index contributed by atoms with van der Waals surface area (Å²) in [4.78, 5) is 25.2. The third kappa shape index (κ3) is 3.40. The topological polar surface area (TPSA) is 79.3 Å². The van der Waals surface area contributed by atoms with Gasteiger partial charge in [-0.05, 0) is 0 Å². The average Bonchev–Trinajstić information content (AvgIpc) is 2.63. The highest BCUT2D eigenvalue weighted by Crippen LogP contribution is 2.09. The summed E-state index contributed by atoms with van der Waals surface area (Å²) in [6.07, 6.45) is 4.95. The SMILES string of the molecule is C#CCC(=O)NCc1nc(C(=O)O)cs1. The Labute approximate surface area is 90.1 Å². The third-order valence-electron chi connectivity index (χ3n) is 1.47. The second kappa shape index (κ2) is 5.12. The van der Waals surface area contributed by atoms with Gasteiger partial charge in [-0.3, -0.25) is 4.79 Å². The molecule has 0 saturated heterocycles. The van der Waals surface area contributed by atoms with Crippen molar-refractivity contribution >= 4 is 23.2 Å². The molecule has 78 valence electrons. The van der Waals surface area contributed by atoms with E-state index in [2.05, 4.69) is 16.2 Å². The smallest absolute Gasteiger partial charge is 0.355 e. The van der Waals surface area contributed by atoms with Crippen LogP contribution in [0.2, 0.25) is 0 Å². The normalized spacial score (nSPS) is 9.27. The van der Waals surface area contributed by atoms with E-state index in [4.69, 9.17) is 11.5 Å². The lowest BCUT2D eigenvalue weighted by atomic mass is 10.4. The van der Waals surface area contributed by atoms with Gasteiger partial charge in [0.25, 0.3) is 0 Å². The number of nitrogens with one attached hydrogen (secondary N) is 1. The van der Waals surface area contributed by atoms with Crippen molar-refractivity contribution in [3.05, 3.63) is 16.1 Å². The monoisotopic (exact) mass is 224 g/mol. The van der Waals surface area contributed by atoms with Gasteiger partial charge in [-0.2, -0.15) is 0 Å². The molecule has 0 saturated carbocycles. The van der Waals surface area contributed by atoms with Crippen LogP contribution in [0.5, 0.6) is 0 Å². The van der Waals surface area contributed by atoms with Crippen LogP contribution in [0, 0.1) is 12.3 Å². The predicted molar refractivity (Wildman–Crippen MR) is 54.4 cm³/mol. The van der Waals surface area contributed by atoms with Gasteiger partial charge in [-0.1, -0.05) is 5.92 Å². The first-order valence-electron chi connectivity index (χ1n) is 4.01. The van der Waals surface area contributed by atoms with E-state index in [1.54, 1.807) is 0 Å². The van der Waals surface area contributed by atoms with E-state index in [1.165, 1.54) is 16.7 Å². The maximum absolute atomic E-state index is 11.0. The highest BCUT2D eigenvalue weighted by molar-refractivity contribution is 7.09. The lowest BCUT2D eigenvalue weighted by Crippen LogP contribution is -2.21. The molecular formula is C9H8N2O3S. The quantitative estimate of drug-likeness (QED) is 0.729. The van der Waals surface area contributed by atoms with Crippen molar-refractivity contribution in [3.8, 4) is 12.3 Å². The van der Waals surface area contributed by atoms with Crippen molar-refractivity contribution in [2.75, 3.05) is 0 Å². The van der Waals surface area contributed by atoms with Crippen LogP contribution in [0.25, 0.3) is 0 Å². The van der Waals surface area contributed by atoms with Gasteiger partial charge in [0.05, 0.1) is 13.0 Å². The van der Waals surface area contributed by atoms with Crippen molar-refractivity contribution in [1.82, 2.24) is 10.3 Å². The first-order chi connectivity index (χ1) is 7.13. The van der Waals surface area contributed by atoms with Crippen LogP contribution in [0.1, 0.15) is 21.9 Å². The lowest BCUT2D eigenvalue weighted by molar-refractivity contribution is -0.120. The fraction of sp³-hybridized carbons (Fsp3) is 0.222. The van der Waals surface area contributed by atoms with E-state index in [0.717, 1.165) is 0 Å². The molecule has 0 radical (unpaired) electrons. The molecule has 1 aromatic heterocycles. The standard InChI is InChI=1S/C9H8N2O3S/c1-2-3-7(12)10-4-8-11-6(5-15-8)9(13)14/h1,5H,3-4H2,(H,10,12)(H,13,14). The molecule has 0 aliphatic rings. The Kier molecular flexibility index (Phi) is 3.83. The summed E-state index contributed by atoms with van der Waals surface area (Å²) in [5, 5.41) is 13.1. The molecule has 1 amide bonds. The summed E-state index contributed by atoms with van der Waals surface area (Å²) >= 11 is 1.18. The van der Waals surface area contributed by atoms with Crippen LogP contribution in [0.15, 0.2) is 5.38 Å². The van der Waals surface area contributed by atoms with E-state index in [9.17, 15) is 9.59 Å². The molecule has 0 aliphatic heterocycles. The first-order valence-corrected chi connectivity index (χ1v) is 4.89. The second-order valence-corrected chi connectivity index (χ2v) is 3.53. The number of hydrogen-bond donors (Lipinski definition) is 2. The van der Waals surface area contributed by atoms with Crippen LogP contribution < -0.4 is 5.32 Å². The van der Waals surface area contributed by atoms with E-state index < -0.39 is 5.97 Å². The van der Waals surface area contributed by atoms with Crippen molar-refractivity contribution in [3.63, 3.8) is 0 Å². The van der Waals surface area contributed by atoms with Gasteiger partial charge in [0.2, 0.25) is 5.91 Å². The van der Waals surface area contributed by atoms with E-state index >= 15 is 0 Å². The molecule has 1 aromatic rings. The van der Waals surface area contributed by atoms with Crippen LogP contribution >= 0.6 is 11.3 Å². The fourth-order valence-electron chi connectivity index (χ4n) is 0.820. The maximum atomic E-state index is 11.0. The zero-order chi connectivity index (χ0) is 11.3. The molecule has 0 atom stereocenters. The number of hydrogen-bond acceptors (Lipinski definition) is 4. The molecule has 6 heteroatoms. The second-order valence-electron chi connectivity index (χ2n) is 2.59. The van der Waals surface area contributed by atoms with E-state index in [0.29, 0.717) is 5.01 Å². The minimum atomic E-state index is -1.08. The molecule has 0 bridgehead atoms. The first kappa shape index (κ1) is 11.2. The Morgan fingerprint density at radius 3 is 2.93 bits per heavy atom. The number of carbonyl (C=O) groups is 2. The molecule has 1 heterocycles. The Morgan fingerprint density at radius 1 is 1.67 bits per heavy atom. The van der Waals surface area contributed by atoms with Gasteiger partial charge in [0, 0.05) is 5.38 Å². The largest absolute Gasteiger partial charge is 0.476 e. The number of thiazole rings is 1. The average molecular weight is 224 g/mol. The van der Waals surface area contributed by atoms with Gasteiger partial charge in [-0.15, -0.1) is 17.8 Å². The summed E-state index contributed by atoms with van der Waals surface area (Å²) in [6, 6.07) is 0. The number of aromatic nitrogens is 1. The fourth-order valence-corrected chi connectivity index (χ4v) is 1.53. The molecule has 2 N–H and O–H groups in total. The van der Waals surface area contributed by atoms with Crippen molar-refractivity contribution in [2.45, 2.75) is 13.0 Å². The molecule has 0 unspecified atom stereocenters. The number of aromatic carboxylic acids is 1. The van der Waals surface area contributed by atoms with Crippen molar-refractivity contribution < 1.29 is 14.7 Å². The Morgan fingerprint density at radius 2 is 2.40 bits per heavy atom. The summed E-state index contributed by atoms with van der Waals surface area (Å²) in [5.74, 6) is 0.854. The summed E-state index contributed by atoms with van der Waals surface area (Å²) in [5.41, 5.74) is -0.0128. The van der Waals surface area contributed by atoms with Crippen LogP contribution in [0.4, 0.5) is 0 Å². The van der Waals surface area contributed by atoms with Crippen molar-refractivity contribution in [1.29, 1.82) is 0 Å². The molecule has 1 rings (SSSR count). The Hall–Kier alpha value is -1.87. The number of carboxylic acids is 1. The number of nitrogens with zero attached hydrogens (tertiary/aromatic N) is 1. The molecule has 0 fully saturated rings. The van der Waals surface area contributed by atoms with E-state index in [-0.39, 0.29) is 24.6 Å². The number of terminal acetylenes is 1. The maximum Gasteiger partial charge on any atom is 0.355 e. The van der Waals surface area contributed by atoms with Gasteiger partial charge >= 0.3 is 5.97 Å². The minimum Gasteiger partial charge on any atom is -0.476 e. The molecule has 0 aromatic carbocycles. The third-order valence-corrected chi connectivity index (χ3v) is 2.32. The highest BCUT2D eigenvalue weighted by Gasteiger charge is 2.08. The minimum absolute atomic E-state index is 0.0111. The number of carbonyl (C=O) groups excluding carboxylic acids is 1. The number of carboxylic acid groups (broad SMARTS) is 1. The van der Waals surface area contributed by atoms with Crippen molar-refractivity contribution in [2.24, 2.45) is 0 Å². The molecular weight excluding hydrogens is 216 g/mol. The van der Waals surface area contributed by atoms with Crippen LogP contribution in [-0.2, 0) is 11.3 Å². The Balaban J connectivity index is 2.48. The molecule has 0 aliphatic carbocycles. The number of amides is 1. The summed E-state index contributed by atoms with van der Waals surface area (Å²) < 4.78 is 0. The molecule has 15 heavy (non-hydrogen) atoms. The lowest BCUT2D eigenvalue weighted by Gasteiger charge is -1.98. The number of rotatable bonds is 4. The predicted octanol–water partition coefficient (Wildman–Crippen LogP) is 0.481. The zero-order valence-corrected chi connectivity index (χ0v) is 8.50. The Bertz CT molecular complexity index is 419. The summed E-state index contributed by atoms with van der Waals surface area (Å²) in [6.45, 7) is 0.207.